The highest BCUT2D eigenvalue weighted by molar-refractivity contribution is 7.90. The first-order valence-electron chi connectivity index (χ1n) is 7.11. The van der Waals surface area contributed by atoms with Gasteiger partial charge in [-0.3, -0.25) is 9.59 Å². The van der Waals surface area contributed by atoms with Gasteiger partial charge < -0.3 is 10.5 Å². The minimum atomic E-state index is -4.06. The third-order valence-corrected chi connectivity index (χ3v) is 4.60. The van der Waals surface area contributed by atoms with Crippen LogP contribution in [0.5, 0.6) is 5.75 Å². The molecule has 2 rings (SSSR count). The predicted octanol–water partition coefficient (Wildman–Crippen LogP) is 1.31. The summed E-state index contributed by atoms with van der Waals surface area (Å²) in [5.41, 5.74) is 5.89. The second kappa shape index (κ2) is 7.63. The topological polar surface area (TPSA) is 116 Å². The second-order valence-electron chi connectivity index (χ2n) is 4.93. The summed E-state index contributed by atoms with van der Waals surface area (Å²) in [5.74, 6) is -0.936. The van der Waals surface area contributed by atoms with E-state index in [1.165, 1.54) is 37.5 Å². The highest BCUT2D eigenvalue weighted by Gasteiger charge is 2.16. The Kier molecular flexibility index (Phi) is 5.56. The number of amides is 2. The van der Waals surface area contributed by atoms with Crippen molar-refractivity contribution in [3.63, 3.8) is 0 Å². The van der Waals surface area contributed by atoms with Gasteiger partial charge in [0.2, 0.25) is 5.91 Å². The Balaban J connectivity index is 2.13. The van der Waals surface area contributed by atoms with Gasteiger partial charge in [-0.05, 0) is 36.4 Å². The van der Waals surface area contributed by atoms with E-state index in [2.05, 4.69) is 0 Å². The van der Waals surface area contributed by atoms with Crippen molar-refractivity contribution in [3.05, 3.63) is 65.7 Å². The number of rotatable bonds is 6. The molecule has 2 aromatic carbocycles. The standard InChI is InChI=1S/C17H16N2O5S/c1-24-15-5-3-2-4-12(15)8-11-16(20)19-25(22,23)14-9-6-13(7-10-14)17(18)21/h2-11H,1H3,(H2,18,21)(H,19,20)/b11-8+. The summed E-state index contributed by atoms with van der Waals surface area (Å²) in [6, 6.07) is 11.9. The van der Waals surface area contributed by atoms with E-state index in [9.17, 15) is 18.0 Å². The van der Waals surface area contributed by atoms with Gasteiger partial charge in [-0.1, -0.05) is 18.2 Å². The van der Waals surface area contributed by atoms with Gasteiger partial charge in [-0.15, -0.1) is 0 Å². The molecular weight excluding hydrogens is 344 g/mol. The van der Waals surface area contributed by atoms with Crippen LogP contribution in [-0.4, -0.2) is 27.3 Å². The normalized spacial score (nSPS) is 11.2. The molecule has 0 saturated carbocycles. The van der Waals surface area contributed by atoms with Gasteiger partial charge in [0, 0.05) is 17.2 Å². The Bertz CT molecular complexity index is 918. The second-order valence-corrected chi connectivity index (χ2v) is 6.62. The number of para-hydroxylation sites is 1. The smallest absolute Gasteiger partial charge is 0.264 e. The number of hydrogen-bond donors (Lipinski definition) is 2. The average molecular weight is 360 g/mol. The molecule has 3 N–H and O–H groups in total. The zero-order chi connectivity index (χ0) is 18.4. The Morgan fingerprint density at radius 1 is 1.08 bits per heavy atom. The predicted molar refractivity (Wildman–Crippen MR) is 92.3 cm³/mol. The van der Waals surface area contributed by atoms with Crippen molar-refractivity contribution < 1.29 is 22.7 Å². The van der Waals surface area contributed by atoms with Crippen LogP contribution in [0, 0.1) is 0 Å². The molecule has 0 spiro atoms. The third-order valence-electron chi connectivity index (χ3n) is 3.24. The fourth-order valence-corrected chi connectivity index (χ4v) is 2.94. The van der Waals surface area contributed by atoms with Crippen LogP contribution in [-0.2, 0) is 14.8 Å². The SMILES string of the molecule is COc1ccccc1/C=C/C(=O)NS(=O)(=O)c1ccc(C(N)=O)cc1. The van der Waals surface area contributed by atoms with Crippen LogP contribution >= 0.6 is 0 Å². The molecule has 130 valence electrons. The van der Waals surface area contributed by atoms with Crippen LogP contribution in [0.25, 0.3) is 6.08 Å². The van der Waals surface area contributed by atoms with E-state index in [1.807, 2.05) is 4.72 Å². The minimum absolute atomic E-state index is 0.156. The van der Waals surface area contributed by atoms with Crippen molar-refractivity contribution in [2.75, 3.05) is 7.11 Å². The molecule has 0 radical (unpaired) electrons. The Morgan fingerprint density at radius 3 is 2.32 bits per heavy atom. The lowest BCUT2D eigenvalue weighted by atomic mass is 10.2. The fraction of sp³-hybridized carbons (Fsp3) is 0.0588. The molecule has 0 aliphatic carbocycles. The van der Waals surface area contributed by atoms with Gasteiger partial charge >= 0.3 is 0 Å². The summed E-state index contributed by atoms with van der Waals surface area (Å²) >= 11 is 0. The molecule has 8 heteroatoms. The lowest BCUT2D eigenvalue weighted by Crippen LogP contribution is -2.29. The average Bonchev–Trinajstić information content (AvgIpc) is 2.60. The third kappa shape index (κ3) is 4.67. The number of primary amides is 1. The molecule has 0 fully saturated rings. The summed E-state index contributed by atoms with van der Waals surface area (Å²) in [7, 11) is -2.56. The number of hydrogen-bond acceptors (Lipinski definition) is 5. The number of methoxy groups -OCH3 is 1. The van der Waals surface area contributed by atoms with E-state index < -0.39 is 21.8 Å². The number of nitrogens with two attached hydrogens (primary N) is 1. The number of carbonyl (C=O) groups excluding carboxylic acids is 2. The van der Waals surface area contributed by atoms with Crippen molar-refractivity contribution in [2.45, 2.75) is 4.90 Å². The molecule has 0 unspecified atom stereocenters. The Labute approximate surface area is 145 Å². The summed E-state index contributed by atoms with van der Waals surface area (Å²) in [6.45, 7) is 0. The summed E-state index contributed by atoms with van der Waals surface area (Å²) in [6.07, 6.45) is 2.53. The van der Waals surface area contributed by atoms with Gasteiger partial charge in [0.05, 0.1) is 12.0 Å². The molecule has 0 atom stereocenters. The maximum Gasteiger partial charge on any atom is 0.264 e. The maximum atomic E-state index is 12.2. The number of ether oxygens (including phenoxy) is 1. The highest BCUT2D eigenvalue weighted by atomic mass is 32.2. The molecule has 0 saturated heterocycles. The molecule has 0 bridgehead atoms. The van der Waals surface area contributed by atoms with Crippen LogP contribution in [0.2, 0.25) is 0 Å². The van der Waals surface area contributed by atoms with Gasteiger partial charge in [0.25, 0.3) is 15.9 Å². The van der Waals surface area contributed by atoms with E-state index in [1.54, 1.807) is 24.3 Å². The Morgan fingerprint density at radius 2 is 1.72 bits per heavy atom. The quantitative estimate of drug-likeness (QED) is 0.754. The number of benzene rings is 2. The van der Waals surface area contributed by atoms with E-state index in [-0.39, 0.29) is 10.5 Å². The molecule has 0 aromatic heterocycles. The van der Waals surface area contributed by atoms with Crippen LogP contribution in [0.1, 0.15) is 15.9 Å². The molecular formula is C17H16N2O5S. The first-order valence-corrected chi connectivity index (χ1v) is 8.59. The van der Waals surface area contributed by atoms with Gasteiger partial charge in [0.1, 0.15) is 5.75 Å². The first-order chi connectivity index (χ1) is 11.8. The van der Waals surface area contributed by atoms with Crippen molar-refractivity contribution in [2.24, 2.45) is 5.73 Å². The van der Waals surface area contributed by atoms with Crippen LogP contribution < -0.4 is 15.2 Å². The molecule has 2 aromatic rings. The number of nitrogens with one attached hydrogen (secondary N) is 1. The van der Waals surface area contributed by atoms with Gasteiger partial charge in [-0.2, -0.15) is 0 Å². The minimum Gasteiger partial charge on any atom is -0.496 e. The van der Waals surface area contributed by atoms with E-state index in [0.717, 1.165) is 6.08 Å². The van der Waals surface area contributed by atoms with Crippen molar-refractivity contribution in [1.29, 1.82) is 0 Å². The van der Waals surface area contributed by atoms with Crippen LogP contribution in [0.4, 0.5) is 0 Å². The van der Waals surface area contributed by atoms with E-state index in [4.69, 9.17) is 10.5 Å². The van der Waals surface area contributed by atoms with Gasteiger partial charge in [0.15, 0.2) is 0 Å². The molecule has 2 amide bonds. The monoisotopic (exact) mass is 360 g/mol. The maximum absolute atomic E-state index is 12.2. The molecule has 7 nitrogen and oxygen atoms in total. The summed E-state index contributed by atoms with van der Waals surface area (Å²) in [4.78, 5) is 22.7. The zero-order valence-corrected chi connectivity index (χ0v) is 14.1. The molecule has 0 heterocycles. The summed E-state index contributed by atoms with van der Waals surface area (Å²) in [5, 5.41) is 0. The van der Waals surface area contributed by atoms with Crippen molar-refractivity contribution >= 4 is 27.9 Å². The Hall–Kier alpha value is -3.13. The molecule has 0 aliphatic heterocycles. The van der Waals surface area contributed by atoms with E-state index >= 15 is 0 Å². The van der Waals surface area contributed by atoms with Gasteiger partial charge in [-0.25, -0.2) is 13.1 Å². The number of carbonyl (C=O) groups is 2. The largest absolute Gasteiger partial charge is 0.496 e. The molecule has 0 aliphatic rings. The highest BCUT2D eigenvalue weighted by Crippen LogP contribution is 2.18. The van der Waals surface area contributed by atoms with Crippen molar-refractivity contribution in [1.82, 2.24) is 4.72 Å². The summed E-state index contributed by atoms with van der Waals surface area (Å²) < 4.78 is 31.4. The first kappa shape index (κ1) is 18.2. The lowest BCUT2D eigenvalue weighted by molar-refractivity contribution is -0.114. The lowest BCUT2D eigenvalue weighted by Gasteiger charge is -2.06. The van der Waals surface area contributed by atoms with Crippen LogP contribution in [0.15, 0.2) is 59.5 Å². The molecule has 25 heavy (non-hydrogen) atoms. The fourth-order valence-electron chi connectivity index (χ4n) is 1.99. The van der Waals surface area contributed by atoms with Crippen molar-refractivity contribution in [3.8, 4) is 5.75 Å². The van der Waals surface area contributed by atoms with E-state index in [0.29, 0.717) is 11.3 Å². The number of sulfonamides is 1. The zero-order valence-electron chi connectivity index (χ0n) is 13.3. The van der Waals surface area contributed by atoms with Crippen LogP contribution in [0.3, 0.4) is 0 Å².